The summed E-state index contributed by atoms with van der Waals surface area (Å²) >= 11 is 0. The lowest BCUT2D eigenvalue weighted by Gasteiger charge is -2.20. The molecule has 0 radical (unpaired) electrons. The summed E-state index contributed by atoms with van der Waals surface area (Å²) in [5.41, 5.74) is 0.475. The van der Waals surface area contributed by atoms with E-state index in [2.05, 4.69) is 15.5 Å². The molecule has 0 unspecified atom stereocenters. The van der Waals surface area contributed by atoms with Crippen LogP contribution in [0.2, 0.25) is 0 Å². The minimum atomic E-state index is -1.08. The molecule has 1 aromatic rings. The van der Waals surface area contributed by atoms with Crippen molar-refractivity contribution in [2.75, 3.05) is 32.1 Å². The topological polar surface area (TPSA) is 108 Å². The van der Waals surface area contributed by atoms with Crippen molar-refractivity contribution in [1.29, 1.82) is 0 Å². The summed E-state index contributed by atoms with van der Waals surface area (Å²) < 4.78 is 4.81. The minimum absolute atomic E-state index is 0.201. The van der Waals surface area contributed by atoms with E-state index in [9.17, 15) is 9.59 Å². The van der Waals surface area contributed by atoms with Gasteiger partial charge in [-0.3, -0.25) is 9.89 Å². The molecule has 0 aromatic carbocycles. The first-order valence-electron chi connectivity index (χ1n) is 4.89. The van der Waals surface area contributed by atoms with E-state index in [0.29, 0.717) is 5.69 Å². The van der Waals surface area contributed by atoms with E-state index in [1.165, 1.54) is 19.5 Å². The van der Waals surface area contributed by atoms with E-state index in [0.717, 1.165) is 4.90 Å². The number of nitrogens with zero attached hydrogens (tertiary/aromatic N) is 2. The zero-order valence-corrected chi connectivity index (χ0v) is 9.34. The van der Waals surface area contributed by atoms with Gasteiger partial charge in [-0.2, -0.15) is 5.10 Å². The average molecular weight is 242 g/mol. The van der Waals surface area contributed by atoms with Gasteiger partial charge in [-0.1, -0.05) is 0 Å². The summed E-state index contributed by atoms with van der Waals surface area (Å²) in [6.07, 6.45) is 2.92. The SMILES string of the molecule is COCCN(CC(=O)O)C(=O)Nc1cn[nH]c1. The fourth-order valence-corrected chi connectivity index (χ4v) is 1.14. The molecule has 0 saturated heterocycles. The second kappa shape index (κ2) is 6.48. The Bertz CT molecular complexity index is 365. The molecule has 17 heavy (non-hydrogen) atoms. The Kier molecular flexibility index (Phi) is 4.95. The van der Waals surface area contributed by atoms with Crippen LogP contribution in [0.1, 0.15) is 0 Å². The Labute approximate surface area is 97.6 Å². The fourth-order valence-electron chi connectivity index (χ4n) is 1.14. The van der Waals surface area contributed by atoms with Crippen LogP contribution < -0.4 is 5.32 Å². The third-order valence-electron chi connectivity index (χ3n) is 1.93. The molecular weight excluding hydrogens is 228 g/mol. The molecule has 0 atom stereocenters. The number of carboxylic acids is 1. The summed E-state index contributed by atoms with van der Waals surface area (Å²) in [6.45, 7) is 0.0889. The summed E-state index contributed by atoms with van der Waals surface area (Å²) in [5.74, 6) is -1.08. The first-order chi connectivity index (χ1) is 8.13. The fraction of sp³-hybridized carbons (Fsp3) is 0.444. The van der Waals surface area contributed by atoms with Crippen molar-refractivity contribution >= 4 is 17.7 Å². The number of hydrogen-bond acceptors (Lipinski definition) is 4. The first kappa shape index (κ1) is 13.0. The van der Waals surface area contributed by atoms with Gasteiger partial charge >= 0.3 is 12.0 Å². The van der Waals surface area contributed by atoms with Crippen LogP contribution in [0.15, 0.2) is 12.4 Å². The average Bonchev–Trinajstić information content (AvgIpc) is 2.76. The molecule has 3 N–H and O–H groups in total. The lowest BCUT2D eigenvalue weighted by Crippen LogP contribution is -2.40. The van der Waals surface area contributed by atoms with Crippen molar-refractivity contribution in [2.24, 2.45) is 0 Å². The lowest BCUT2D eigenvalue weighted by molar-refractivity contribution is -0.137. The maximum atomic E-state index is 11.7. The van der Waals surface area contributed by atoms with Crippen LogP contribution >= 0.6 is 0 Å². The van der Waals surface area contributed by atoms with Crippen molar-refractivity contribution in [1.82, 2.24) is 15.1 Å². The monoisotopic (exact) mass is 242 g/mol. The maximum Gasteiger partial charge on any atom is 0.323 e. The van der Waals surface area contributed by atoms with Crippen LogP contribution in [0.5, 0.6) is 0 Å². The Hall–Kier alpha value is -2.09. The number of urea groups is 1. The number of rotatable bonds is 6. The predicted molar refractivity (Wildman–Crippen MR) is 58.7 cm³/mol. The number of aromatic nitrogens is 2. The van der Waals surface area contributed by atoms with Gasteiger partial charge in [-0.05, 0) is 0 Å². The summed E-state index contributed by atoms with van der Waals surface area (Å²) in [4.78, 5) is 23.4. The zero-order valence-electron chi connectivity index (χ0n) is 9.34. The molecule has 0 fully saturated rings. The number of carbonyl (C=O) groups is 2. The van der Waals surface area contributed by atoms with Crippen LogP contribution in [0.3, 0.4) is 0 Å². The third-order valence-corrected chi connectivity index (χ3v) is 1.93. The molecule has 0 saturated carbocycles. The van der Waals surface area contributed by atoms with E-state index in [1.807, 2.05) is 0 Å². The summed E-state index contributed by atoms with van der Waals surface area (Å²) in [5, 5.41) is 17.4. The number of hydrogen-bond donors (Lipinski definition) is 3. The highest BCUT2D eigenvalue weighted by atomic mass is 16.5. The number of ether oxygens (including phenoxy) is 1. The number of methoxy groups -OCH3 is 1. The van der Waals surface area contributed by atoms with Crippen molar-refractivity contribution in [2.45, 2.75) is 0 Å². The second-order valence-electron chi connectivity index (χ2n) is 3.23. The molecule has 1 heterocycles. The smallest absolute Gasteiger partial charge is 0.323 e. The number of amides is 2. The van der Waals surface area contributed by atoms with Crippen LogP contribution in [0.4, 0.5) is 10.5 Å². The van der Waals surface area contributed by atoms with Gasteiger partial charge in [-0.15, -0.1) is 0 Å². The van der Waals surface area contributed by atoms with E-state index < -0.39 is 12.0 Å². The highest BCUT2D eigenvalue weighted by Gasteiger charge is 2.16. The van der Waals surface area contributed by atoms with Gasteiger partial charge in [0.05, 0.1) is 18.5 Å². The van der Waals surface area contributed by atoms with E-state index in [1.54, 1.807) is 0 Å². The molecule has 2 amide bonds. The highest BCUT2D eigenvalue weighted by molar-refractivity contribution is 5.91. The van der Waals surface area contributed by atoms with Gasteiger partial charge in [0, 0.05) is 19.9 Å². The Morgan fingerprint density at radius 1 is 1.65 bits per heavy atom. The van der Waals surface area contributed by atoms with Gasteiger partial charge in [0.15, 0.2) is 0 Å². The van der Waals surface area contributed by atoms with E-state index in [-0.39, 0.29) is 19.7 Å². The maximum absolute atomic E-state index is 11.7. The van der Waals surface area contributed by atoms with Crippen LogP contribution in [-0.4, -0.2) is 59.0 Å². The van der Waals surface area contributed by atoms with Gasteiger partial charge in [0.1, 0.15) is 6.54 Å². The van der Waals surface area contributed by atoms with Crippen molar-refractivity contribution in [3.8, 4) is 0 Å². The van der Waals surface area contributed by atoms with Crippen LogP contribution in [0, 0.1) is 0 Å². The van der Waals surface area contributed by atoms with E-state index in [4.69, 9.17) is 9.84 Å². The predicted octanol–water partition coefficient (Wildman–Crippen LogP) is -0.0254. The van der Waals surface area contributed by atoms with Gasteiger partial charge in [0.2, 0.25) is 0 Å². The number of aromatic amines is 1. The normalized spacial score (nSPS) is 9.94. The second-order valence-corrected chi connectivity index (χ2v) is 3.23. The number of aliphatic carboxylic acids is 1. The summed E-state index contributed by atoms with van der Waals surface area (Å²) in [7, 11) is 1.48. The minimum Gasteiger partial charge on any atom is -0.480 e. The third kappa shape index (κ3) is 4.51. The van der Waals surface area contributed by atoms with Gasteiger partial charge in [0.25, 0.3) is 0 Å². The molecule has 0 spiro atoms. The molecule has 1 aromatic heterocycles. The molecule has 8 heteroatoms. The van der Waals surface area contributed by atoms with Crippen LogP contribution in [0.25, 0.3) is 0 Å². The quantitative estimate of drug-likeness (QED) is 0.649. The van der Waals surface area contributed by atoms with Crippen molar-refractivity contribution in [3.63, 3.8) is 0 Å². The molecule has 0 bridgehead atoms. The number of carbonyl (C=O) groups excluding carboxylic acids is 1. The Morgan fingerprint density at radius 3 is 2.94 bits per heavy atom. The molecular formula is C9H14N4O4. The summed E-state index contributed by atoms with van der Waals surface area (Å²) in [6, 6.07) is -0.508. The standard InChI is InChI=1S/C9H14N4O4/c1-17-3-2-13(6-8(14)15)9(16)12-7-4-10-11-5-7/h4-5H,2-3,6H2,1H3,(H,10,11)(H,12,16)(H,14,15). The van der Waals surface area contributed by atoms with Crippen LogP contribution in [-0.2, 0) is 9.53 Å². The molecule has 94 valence electrons. The number of nitrogens with one attached hydrogen (secondary N) is 2. The lowest BCUT2D eigenvalue weighted by atomic mass is 10.5. The molecule has 1 rings (SSSR count). The molecule has 0 aliphatic carbocycles. The molecule has 0 aliphatic heterocycles. The Balaban J connectivity index is 2.55. The first-order valence-corrected chi connectivity index (χ1v) is 4.89. The highest BCUT2D eigenvalue weighted by Crippen LogP contribution is 2.03. The zero-order chi connectivity index (χ0) is 12.7. The number of anilines is 1. The van der Waals surface area contributed by atoms with E-state index >= 15 is 0 Å². The van der Waals surface area contributed by atoms with Gasteiger partial charge < -0.3 is 20.1 Å². The van der Waals surface area contributed by atoms with Gasteiger partial charge in [-0.25, -0.2) is 4.79 Å². The van der Waals surface area contributed by atoms with Crippen molar-refractivity contribution in [3.05, 3.63) is 12.4 Å². The largest absolute Gasteiger partial charge is 0.480 e. The molecule has 8 nitrogen and oxygen atoms in total. The number of carboxylic acid groups (broad SMARTS) is 1. The molecule has 0 aliphatic rings. The van der Waals surface area contributed by atoms with Crippen molar-refractivity contribution < 1.29 is 19.4 Å². The number of H-pyrrole nitrogens is 1. The Morgan fingerprint density at radius 2 is 2.41 bits per heavy atom.